The summed E-state index contributed by atoms with van der Waals surface area (Å²) < 4.78 is 0. The molecule has 4 heteroatoms. The van der Waals surface area contributed by atoms with E-state index in [2.05, 4.69) is 33.0 Å². The molecule has 4 nitrogen and oxygen atoms in total. The maximum absolute atomic E-state index is 9.28. The van der Waals surface area contributed by atoms with Crippen LogP contribution in [0.4, 0.5) is 11.5 Å². The fraction of sp³-hybridized carbons (Fsp3) is 0.333. The summed E-state index contributed by atoms with van der Waals surface area (Å²) in [4.78, 5) is 9.27. The molecule has 0 saturated carbocycles. The van der Waals surface area contributed by atoms with E-state index in [9.17, 15) is 5.26 Å². The normalized spacial score (nSPS) is 15.3. The smallest absolute Gasteiger partial charge is 0.128 e. The molecule has 1 aromatic carbocycles. The Morgan fingerprint density at radius 3 is 2.55 bits per heavy atom. The second-order valence-electron chi connectivity index (χ2n) is 5.59. The highest BCUT2D eigenvalue weighted by Gasteiger charge is 2.18. The van der Waals surface area contributed by atoms with Gasteiger partial charge in [-0.3, -0.25) is 0 Å². The van der Waals surface area contributed by atoms with Crippen molar-refractivity contribution in [2.24, 2.45) is 0 Å². The average molecular weight is 292 g/mol. The van der Waals surface area contributed by atoms with Crippen LogP contribution in [-0.4, -0.2) is 31.2 Å². The van der Waals surface area contributed by atoms with E-state index < -0.39 is 0 Å². The number of nitriles is 1. The van der Waals surface area contributed by atoms with E-state index in [0.717, 1.165) is 55.4 Å². The molecule has 1 aromatic heterocycles. The van der Waals surface area contributed by atoms with Gasteiger partial charge in [0.05, 0.1) is 11.3 Å². The maximum atomic E-state index is 9.28. The van der Waals surface area contributed by atoms with Crippen LogP contribution in [0.5, 0.6) is 0 Å². The van der Waals surface area contributed by atoms with Gasteiger partial charge in [0, 0.05) is 31.9 Å². The zero-order valence-electron chi connectivity index (χ0n) is 12.9. The summed E-state index contributed by atoms with van der Waals surface area (Å²) in [6.07, 6.45) is 1.06. The molecule has 0 amide bonds. The van der Waals surface area contributed by atoms with Gasteiger partial charge < -0.3 is 9.80 Å². The van der Waals surface area contributed by atoms with Crippen LogP contribution in [0, 0.1) is 18.3 Å². The minimum atomic E-state index is 0.754. The summed E-state index contributed by atoms with van der Waals surface area (Å²) in [6, 6.07) is 16.3. The zero-order valence-corrected chi connectivity index (χ0v) is 12.9. The van der Waals surface area contributed by atoms with Crippen molar-refractivity contribution in [3.8, 4) is 6.07 Å². The summed E-state index contributed by atoms with van der Waals surface area (Å²) >= 11 is 0. The SMILES string of the molecule is Cc1cccc(N2CCCN(c3ccccc3C#N)CC2)n1. The molecule has 1 fully saturated rings. The van der Waals surface area contributed by atoms with E-state index in [1.165, 1.54) is 0 Å². The molecule has 0 N–H and O–H groups in total. The molecule has 0 unspecified atom stereocenters. The first kappa shape index (κ1) is 14.4. The highest BCUT2D eigenvalue weighted by atomic mass is 15.2. The predicted molar refractivity (Wildman–Crippen MR) is 89.2 cm³/mol. The molecular formula is C18H20N4. The van der Waals surface area contributed by atoms with Crippen LogP contribution in [0.2, 0.25) is 0 Å². The van der Waals surface area contributed by atoms with Gasteiger partial charge in [0.1, 0.15) is 11.9 Å². The van der Waals surface area contributed by atoms with Gasteiger partial charge in [0.25, 0.3) is 0 Å². The molecule has 1 aliphatic rings. The third kappa shape index (κ3) is 3.04. The maximum Gasteiger partial charge on any atom is 0.128 e. The molecule has 112 valence electrons. The Kier molecular flexibility index (Phi) is 4.24. The summed E-state index contributed by atoms with van der Waals surface area (Å²) in [5.41, 5.74) is 2.85. The Balaban J connectivity index is 1.76. The van der Waals surface area contributed by atoms with E-state index in [0.29, 0.717) is 0 Å². The van der Waals surface area contributed by atoms with Crippen molar-refractivity contribution in [3.63, 3.8) is 0 Å². The molecule has 0 atom stereocenters. The molecule has 22 heavy (non-hydrogen) atoms. The fourth-order valence-electron chi connectivity index (χ4n) is 2.94. The average Bonchev–Trinajstić information content (AvgIpc) is 2.81. The van der Waals surface area contributed by atoms with Crippen molar-refractivity contribution >= 4 is 11.5 Å². The molecule has 2 heterocycles. The Hall–Kier alpha value is -2.54. The number of nitrogens with zero attached hydrogens (tertiary/aromatic N) is 4. The van der Waals surface area contributed by atoms with Gasteiger partial charge >= 0.3 is 0 Å². The highest BCUT2D eigenvalue weighted by Crippen LogP contribution is 2.22. The first-order valence-electron chi connectivity index (χ1n) is 7.70. The predicted octanol–water partition coefficient (Wildman–Crippen LogP) is 2.98. The van der Waals surface area contributed by atoms with Crippen LogP contribution in [0.15, 0.2) is 42.5 Å². The number of hydrogen-bond acceptors (Lipinski definition) is 4. The van der Waals surface area contributed by atoms with Crippen LogP contribution in [0.3, 0.4) is 0 Å². The van der Waals surface area contributed by atoms with E-state index >= 15 is 0 Å². The number of aromatic nitrogens is 1. The van der Waals surface area contributed by atoms with Crippen molar-refractivity contribution in [1.82, 2.24) is 4.98 Å². The number of aryl methyl sites for hydroxylation is 1. The molecular weight excluding hydrogens is 272 g/mol. The molecule has 2 aromatic rings. The molecule has 0 radical (unpaired) electrons. The van der Waals surface area contributed by atoms with Crippen LogP contribution < -0.4 is 9.80 Å². The monoisotopic (exact) mass is 292 g/mol. The lowest BCUT2D eigenvalue weighted by Crippen LogP contribution is -2.31. The highest BCUT2D eigenvalue weighted by molar-refractivity contribution is 5.59. The first-order chi connectivity index (χ1) is 10.8. The van der Waals surface area contributed by atoms with Crippen molar-refractivity contribution < 1.29 is 0 Å². The summed E-state index contributed by atoms with van der Waals surface area (Å²) in [5.74, 6) is 1.05. The molecule has 1 aliphatic heterocycles. The second kappa shape index (κ2) is 6.48. The number of hydrogen-bond donors (Lipinski definition) is 0. The number of para-hydroxylation sites is 1. The van der Waals surface area contributed by atoms with Crippen LogP contribution in [0.1, 0.15) is 17.7 Å². The number of pyridine rings is 1. The summed E-state index contributed by atoms with van der Waals surface area (Å²) in [5, 5.41) is 9.28. The number of rotatable bonds is 2. The minimum Gasteiger partial charge on any atom is -0.369 e. The summed E-state index contributed by atoms with van der Waals surface area (Å²) in [7, 11) is 0. The van der Waals surface area contributed by atoms with Crippen LogP contribution >= 0.6 is 0 Å². The van der Waals surface area contributed by atoms with Gasteiger partial charge in [-0.2, -0.15) is 5.26 Å². The largest absolute Gasteiger partial charge is 0.369 e. The first-order valence-corrected chi connectivity index (χ1v) is 7.70. The van der Waals surface area contributed by atoms with Gasteiger partial charge in [-0.15, -0.1) is 0 Å². The third-order valence-electron chi connectivity index (χ3n) is 4.06. The third-order valence-corrected chi connectivity index (χ3v) is 4.06. The fourth-order valence-corrected chi connectivity index (χ4v) is 2.94. The van der Waals surface area contributed by atoms with Gasteiger partial charge in [-0.1, -0.05) is 18.2 Å². The molecule has 0 spiro atoms. The van der Waals surface area contributed by atoms with Crippen molar-refractivity contribution in [2.45, 2.75) is 13.3 Å². The van der Waals surface area contributed by atoms with E-state index in [1.54, 1.807) is 0 Å². The standard InChI is InChI=1S/C18H20N4/c1-15-6-4-9-18(20-15)22-11-5-10-21(12-13-22)17-8-3-2-7-16(17)14-19/h2-4,6-9H,5,10-13H2,1H3. The van der Waals surface area contributed by atoms with Crippen molar-refractivity contribution in [2.75, 3.05) is 36.0 Å². The van der Waals surface area contributed by atoms with Gasteiger partial charge in [-0.05, 0) is 37.6 Å². The van der Waals surface area contributed by atoms with Crippen molar-refractivity contribution in [1.29, 1.82) is 5.26 Å². The van der Waals surface area contributed by atoms with Crippen molar-refractivity contribution in [3.05, 3.63) is 53.7 Å². The Bertz CT molecular complexity index is 689. The molecule has 0 bridgehead atoms. The minimum absolute atomic E-state index is 0.754. The second-order valence-corrected chi connectivity index (χ2v) is 5.59. The van der Waals surface area contributed by atoms with Crippen LogP contribution in [0.25, 0.3) is 0 Å². The topological polar surface area (TPSA) is 43.2 Å². The molecule has 3 rings (SSSR count). The van der Waals surface area contributed by atoms with Gasteiger partial charge in [0.15, 0.2) is 0 Å². The Morgan fingerprint density at radius 2 is 1.73 bits per heavy atom. The Morgan fingerprint density at radius 1 is 0.955 bits per heavy atom. The van der Waals surface area contributed by atoms with Gasteiger partial charge in [-0.25, -0.2) is 4.98 Å². The van der Waals surface area contributed by atoms with Crippen LogP contribution in [-0.2, 0) is 0 Å². The molecule has 1 saturated heterocycles. The van der Waals surface area contributed by atoms with E-state index in [-0.39, 0.29) is 0 Å². The molecule has 0 aliphatic carbocycles. The summed E-state index contributed by atoms with van der Waals surface area (Å²) in [6.45, 7) is 5.84. The number of benzene rings is 1. The zero-order chi connectivity index (χ0) is 15.4. The lowest BCUT2D eigenvalue weighted by molar-refractivity contribution is 0.796. The Labute approximate surface area is 131 Å². The lowest BCUT2D eigenvalue weighted by Gasteiger charge is -2.25. The quantitative estimate of drug-likeness (QED) is 0.853. The van der Waals surface area contributed by atoms with E-state index in [1.807, 2.05) is 37.3 Å². The number of anilines is 2. The van der Waals surface area contributed by atoms with E-state index in [4.69, 9.17) is 0 Å². The van der Waals surface area contributed by atoms with Gasteiger partial charge in [0.2, 0.25) is 0 Å². The lowest BCUT2D eigenvalue weighted by atomic mass is 10.1.